The number of hydrogen-bond donors (Lipinski definition) is 1. The van der Waals surface area contributed by atoms with Gasteiger partial charge in [0.2, 0.25) is 5.95 Å². The molecule has 2 aliphatic rings. The van der Waals surface area contributed by atoms with Gasteiger partial charge in [-0.05, 0) is 20.8 Å². The Morgan fingerprint density at radius 3 is 2.32 bits per heavy atom. The van der Waals surface area contributed by atoms with Gasteiger partial charge in [-0.25, -0.2) is 24.7 Å². The Morgan fingerprint density at radius 1 is 0.974 bits per heavy atom. The quantitative estimate of drug-likeness (QED) is 0.487. The summed E-state index contributed by atoms with van der Waals surface area (Å²) >= 11 is 0. The molecule has 2 aliphatic heterocycles. The molecular weight excluding hydrogens is 494 g/mol. The maximum absolute atomic E-state index is 13.4. The maximum Gasteiger partial charge on any atom is 0.528 e. The fourth-order valence-electron chi connectivity index (χ4n) is 4.20. The molecule has 0 aromatic carbocycles. The number of anilines is 2. The zero-order chi connectivity index (χ0) is 26.9. The van der Waals surface area contributed by atoms with Crippen LogP contribution in [-0.4, -0.2) is 104 Å². The van der Waals surface area contributed by atoms with Crippen LogP contribution >= 0.6 is 0 Å². The van der Waals surface area contributed by atoms with E-state index >= 15 is 0 Å². The summed E-state index contributed by atoms with van der Waals surface area (Å²) in [6.07, 6.45) is 5.96. The number of hydroxylamine groups is 2. The Bertz CT molecular complexity index is 1310. The summed E-state index contributed by atoms with van der Waals surface area (Å²) in [5.74, 6) is 0.614. The summed E-state index contributed by atoms with van der Waals surface area (Å²) in [5, 5.41) is 1.50. The van der Waals surface area contributed by atoms with Gasteiger partial charge in [-0.15, -0.1) is 5.06 Å². The fourth-order valence-corrected chi connectivity index (χ4v) is 4.20. The molecule has 2 saturated heterocycles. The molecule has 0 bridgehead atoms. The van der Waals surface area contributed by atoms with Crippen molar-refractivity contribution >= 4 is 29.5 Å². The van der Waals surface area contributed by atoms with Gasteiger partial charge in [0.25, 0.3) is 5.91 Å². The Hall–Kier alpha value is -4.04. The third kappa shape index (κ3) is 5.75. The largest absolute Gasteiger partial charge is 0.528 e. The Morgan fingerprint density at radius 2 is 1.66 bits per heavy atom. The number of carbonyl (C=O) groups is 2. The number of aromatic nitrogens is 5. The number of nitrogens with zero attached hydrogens (tertiary/aromatic N) is 8. The van der Waals surface area contributed by atoms with Crippen molar-refractivity contribution in [1.29, 1.82) is 0 Å². The van der Waals surface area contributed by atoms with Crippen LogP contribution in [0.4, 0.5) is 16.6 Å². The molecule has 0 aliphatic carbocycles. The molecule has 3 aromatic rings. The van der Waals surface area contributed by atoms with Gasteiger partial charge in [-0.3, -0.25) is 4.79 Å². The van der Waals surface area contributed by atoms with Crippen molar-refractivity contribution in [1.82, 2.24) is 34.3 Å². The number of rotatable bonds is 4. The van der Waals surface area contributed by atoms with Crippen molar-refractivity contribution in [2.45, 2.75) is 26.4 Å². The van der Waals surface area contributed by atoms with Crippen LogP contribution in [0.5, 0.6) is 0 Å². The van der Waals surface area contributed by atoms with Crippen LogP contribution < -0.4 is 10.6 Å². The van der Waals surface area contributed by atoms with E-state index in [0.717, 1.165) is 0 Å². The monoisotopic (exact) mass is 525 g/mol. The van der Waals surface area contributed by atoms with Crippen molar-refractivity contribution in [3.63, 3.8) is 0 Å². The normalized spacial score (nSPS) is 17.0. The number of piperazine rings is 1. The summed E-state index contributed by atoms with van der Waals surface area (Å²) in [4.78, 5) is 52.1. The zero-order valence-electron chi connectivity index (χ0n) is 21.7. The van der Waals surface area contributed by atoms with Gasteiger partial charge in [0.05, 0.1) is 32.0 Å². The van der Waals surface area contributed by atoms with Crippen molar-refractivity contribution < 1.29 is 23.9 Å². The summed E-state index contributed by atoms with van der Waals surface area (Å²) in [5.41, 5.74) is 7.20. The van der Waals surface area contributed by atoms with Crippen LogP contribution in [0.25, 0.3) is 16.9 Å². The predicted molar refractivity (Wildman–Crippen MR) is 136 cm³/mol. The zero-order valence-corrected chi connectivity index (χ0v) is 21.7. The van der Waals surface area contributed by atoms with Crippen LogP contribution in [-0.2, 0) is 14.3 Å². The molecule has 1 amide bonds. The molecule has 0 unspecified atom stereocenters. The van der Waals surface area contributed by atoms with Gasteiger partial charge in [0.1, 0.15) is 11.3 Å². The van der Waals surface area contributed by atoms with E-state index in [1.165, 1.54) is 5.06 Å². The minimum absolute atomic E-state index is 0.176. The van der Waals surface area contributed by atoms with Gasteiger partial charge >= 0.3 is 6.16 Å². The standard InChI is InChI=1S/C24H31N9O5/c1-24(2,3)37-23(35)38-33-6-4-31(5-7-33)21(34)18-15-32-14-17(16-12-26-22(25)27-13-16)28-19(20(32)29-18)30-8-10-36-11-9-30/h12-15H,4-11H2,1-3H3,(H2,25,26,27). The number of ether oxygens (including phenoxy) is 2. The highest BCUT2D eigenvalue weighted by Crippen LogP contribution is 2.26. The molecule has 0 spiro atoms. The second-order valence-electron chi connectivity index (χ2n) is 10.0. The number of nitrogens with two attached hydrogens (primary N) is 1. The molecular formula is C24H31N9O5. The smallest absolute Gasteiger partial charge is 0.427 e. The molecule has 2 fully saturated rings. The highest BCUT2D eigenvalue weighted by atomic mass is 16.8. The van der Waals surface area contributed by atoms with E-state index in [4.69, 9.17) is 25.0 Å². The van der Waals surface area contributed by atoms with E-state index in [2.05, 4.69) is 19.9 Å². The first-order valence-electron chi connectivity index (χ1n) is 12.4. The van der Waals surface area contributed by atoms with Crippen molar-refractivity contribution in [3.05, 3.63) is 30.5 Å². The van der Waals surface area contributed by atoms with E-state index in [0.29, 0.717) is 80.9 Å². The van der Waals surface area contributed by atoms with Gasteiger partial charge in [-0.1, -0.05) is 0 Å². The van der Waals surface area contributed by atoms with Gasteiger partial charge in [0, 0.05) is 56.5 Å². The molecule has 5 rings (SSSR count). The van der Waals surface area contributed by atoms with Crippen molar-refractivity contribution in [2.75, 3.05) is 63.1 Å². The van der Waals surface area contributed by atoms with Gasteiger partial charge < -0.3 is 34.2 Å². The molecule has 14 nitrogen and oxygen atoms in total. The average molecular weight is 526 g/mol. The first kappa shape index (κ1) is 25.6. The lowest BCUT2D eigenvalue weighted by molar-refractivity contribution is -0.154. The fraction of sp³-hybridized carbons (Fsp3) is 0.500. The number of nitrogen functional groups attached to an aromatic ring is 1. The van der Waals surface area contributed by atoms with Crippen LogP contribution in [0.2, 0.25) is 0 Å². The number of carbonyl (C=O) groups excluding carboxylic acids is 2. The van der Waals surface area contributed by atoms with Crippen molar-refractivity contribution in [3.8, 4) is 11.3 Å². The second kappa shape index (κ2) is 10.4. The predicted octanol–water partition coefficient (Wildman–Crippen LogP) is 1.23. The molecule has 0 atom stereocenters. The Kier molecular flexibility index (Phi) is 6.99. The topological polar surface area (TPSA) is 154 Å². The van der Waals surface area contributed by atoms with Crippen LogP contribution in [0.15, 0.2) is 24.8 Å². The lowest BCUT2D eigenvalue weighted by Crippen LogP contribution is -2.49. The first-order chi connectivity index (χ1) is 18.2. The van der Waals surface area contributed by atoms with E-state index < -0.39 is 11.8 Å². The Labute approximate surface area is 219 Å². The lowest BCUT2D eigenvalue weighted by atomic mass is 10.2. The van der Waals surface area contributed by atoms with Gasteiger partial charge in [-0.2, -0.15) is 0 Å². The first-order valence-corrected chi connectivity index (χ1v) is 12.4. The Balaban J connectivity index is 1.36. The number of imidazole rings is 1. The second-order valence-corrected chi connectivity index (χ2v) is 10.0. The summed E-state index contributed by atoms with van der Waals surface area (Å²) in [7, 11) is 0. The van der Waals surface area contributed by atoms with Crippen LogP contribution in [0.3, 0.4) is 0 Å². The molecule has 14 heteroatoms. The number of fused-ring (bicyclic) bond motifs is 1. The summed E-state index contributed by atoms with van der Waals surface area (Å²) in [6.45, 7) is 9.23. The molecule has 202 valence electrons. The molecule has 2 N–H and O–H groups in total. The minimum Gasteiger partial charge on any atom is -0.427 e. The number of hydrogen-bond acceptors (Lipinski definition) is 12. The highest BCUT2D eigenvalue weighted by Gasteiger charge is 2.28. The lowest BCUT2D eigenvalue weighted by Gasteiger charge is -2.33. The van der Waals surface area contributed by atoms with E-state index in [1.807, 2.05) is 0 Å². The molecule has 5 heterocycles. The third-order valence-corrected chi connectivity index (χ3v) is 6.04. The minimum atomic E-state index is -0.761. The SMILES string of the molecule is CC(C)(C)OC(=O)ON1CCN(C(=O)c2cn3cc(-c4cnc(N)nc4)nc(N4CCOCC4)c3n2)CC1. The number of amides is 1. The third-order valence-electron chi connectivity index (χ3n) is 6.04. The molecule has 0 saturated carbocycles. The molecule has 38 heavy (non-hydrogen) atoms. The highest BCUT2D eigenvalue weighted by molar-refractivity contribution is 5.93. The van der Waals surface area contributed by atoms with Crippen LogP contribution in [0.1, 0.15) is 31.3 Å². The summed E-state index contributed by atoms with van der Waals surface area (Å²) < 4.78 is 12.5. The van der Waals surface area contributed by atoms with Crippen LogP contribution in [0, 0.1) is 0 Å². The maximum atomic E-state index is 13.4. The van der Waals surface area contributed by atoms with E-state index in [1.54, 1.807) is 54.9 Å². The van der Waals surface area contributed by atoms with Crippen molar-refractivity contribution in [2.24, 2.45) is 0 Å². The average Bonchev–Trinajstić information content (AvgIpc) is 3.32. The van der Waals surface area contributed by atoms with E-state index in [-0.39, 0.29) is 11.9 Å². The molecule has 3 aromatic heterocycles. The molecule has 0 radical (unpaired) electrons. The van der Waals surface area contributed by atoms with E-state index in [9.17, 15) is 9.59 Å². The summed E-state index contributed by atoms with van der Waals surface area (Å²) in [6, 6.07) is 0. The number of morpholine rings is 1. The van der Waals surface area contributed by atoms with Gasteiger partial charge in [0.15, 0.2) is 11.5 Å².